The fraction of sp³-hybridized carbons (Fsp3) is 0.263. The molecule has 0 fully saturated rings. The lowest BCUT2D eigenvalue weighted by Gasteiger charge is -2.12. The summed E-state index contributed by atoms with van der Waals surface area (Å²) in [5, 5.41) is 15.8. The second kappa shape index (κ2) is 7.45. The molecule has 1 aromatic carbocycles. The van der Waals surface area contributed by atoms with E-state index in [9.17, 15) is 9.59 Å². The van der Waals surface area contributed by atoms with Crippen LogP contribution in [0.15, 0.2) is 40.8 Å². The SMILES string of the molecule is Cc1nc(C(=O)NCc2ccc(C(=O)O)o2)nn1-c1ccccc1C(C)C. The number of aryl methyl sites for hydroxylation is 1. The molecule has 0 saturated heterocycles. The highest BCUT2D eigenvalue weighted by atomic mass is 16.4. The van der Waals surface area contributed by atoms with Crippen LogP contribution < -0.4 is 5.32 Å². The lowest BCUT2D eigenvalue weighted by Crippen LogP contribution is -2.24. The van der Waals surface area contributed by atoms with Crippen molar-refractivity contribution in [2.24, 2.45) is 0 Å². The van der Waals surface area contributed by atoms with E-state index < -0.39 is 11.9 Å². The molecule has 0 spiro atoms. The van der Waals surface area contributed by atoms with E-state index in [1.807, 2.05) is 24.3 Å². The molecule has 2 aromatic heterocycles. The number of carbonyl (C=O) groups excluding carboxylic acids is 1. The molecule has 0 saturated carbocycles. The first-order valence-corrected chi connectivity index (χ1v) is 8.50. The van der Waals surface area contributed by atoms with Crippen LogP contribution in [-0.4, -0.2) is 31.7 Å². The van der Waals surface area contributed by atoms with Gasteiger partial charge in [-0.1, -0.05) is 32.0 Å². The van der Waals surface area contributed by atoms with Gasteiger partial charge in [0.15, 0.2) is 0 Å². The molecule has 8 heteroatoms. The molecular formula is C19H20N4O4. The predicted octanol–water partition coefficient (Wildman–Crippen LogP) is 2.92. The number of hydrogen-bond donors (Lipinski definition) is 2. The van der Waals surface area contributed by atoms with Gasteiger partial charge in [0.2, 0.25) is 11.6 Å². The summed E-state index contributed by atoms with van der Waals surface area (Å²) in [7, 11) is 0. The van der Waals surface area contributed by atoms with Gasteiger partial charge < -0.3 is 14.8 Å². The van der Waals surface area contributed by atoms with Gasteiger partial charge in [-0.2, -0.15) is 0 Å². The first-order valence-electron chi connectivity index (χ1n) is 8.50. The van der Waals surface area contributed by atoms with Crippen LogP contribution in [0.2, 0.25) is 0 Å². The number of carboxylic acids is 1. The number of carboxylic acid groups (broad SMARTS) is 1. The lowest BCUT2D eigenvalue weighted by molar-refractivity contribution is 0.0660. The third-order valence-electron chi connectivity index (χ3n) is 4.05. The van der Waals surface area contributed by atoms with E-state index in [4.69, 9.17) is 9.52 Å². The monoisotopic (exact) mass is 368 g/mol. The Bertz CT molecular complexity index is 987. The van der Waals surface area contributed by atoms with Crippen molar-refractivity contribution >= 4 is 11.9 Å². The molecule has 0 radical (unpaired) electrons. The number of benzene rings is 1. The van der Waals surface area contributed by atoms with Crippen molar-refractivity contribution in [1.29, 1.82) is 0 Å². The Morgan fingerprint density at radius 2 is 1.96 bits per heavy atom. The van der Waals surface area contributed by atoms with E-state index in [-0.39, 0.29) is 18.1 Å². The number of nitrogens with one attached hydrogen (secondary N) is 1. The Morgan fingerprint density at radius 3 is 2.63 bits per heavy atom. The van der Waals surface area contributed by atoms with Gasteiger partial charge in [-0.3, -0.25) is 4.79 Å². The minimum absolute atomic E-state index is 0.0380. The molecule has 0 aliphatic rings. The normalized spacial score (nSPS) is 11.0. The maximum Gasteiger partial charge on any atom is 0.371 e. The number of carbonyl (C=O) groups is 2. The van der Waals surface area contributed by atoms with Gasteiger partial charge in [0.05, 0.1) is 12.2 Å². The van der Waals surface area contributed by atoms with Gasteiger partial charge in [-0.05, 0) is 36.6 Å². The average molecular weight is 368 g/mol. The van der Waals surface area contributed by atoms with Crippen LogP contribution in [0, 0.1) is 6.92 Å². The Kier molecular flexibility index (Phi) is 5.07. The second-order valence-electron chi connectivity index (χ2n) is 6.36. The third kappa shape index (κ3) is 3.89. The molecule has 3 aromatic rings. The molecular weight excluding hydrogens is 348 g/mol. The highest BCUT2D eigenvalue weighted by Crippen LogP contribution is 2.23. The number of hydrogen-bond acceptors (Lipinski definition) is 5. The van der Waals surface area contributed by atoms with Crippen LogP contribution in [0.5, 0.6) is 0 Å². The highest BCUT2D eigenvalue weighted by Gasteiger charge is 2.18. The van der Waals surface area contributed by atoms with Crippen molar-refractivity contribution < 1.29 is 19.1 Å². The van der Waals surface area contributed by atoms with Crippen LogP contribution in [0.4, 0.5) is 0 Å². The zero-order chi connectivity index (χ0) is 19.6. The first kappa shape index (κ1) is 18.4. The Balaban J connectivity index is 1.77. The van der Waals surface area contributed by atoms with E-state index in [0.29, 0.717) is 17.5 Å². The van der Waals surface area contributed by atoms with Gasteiger partial charge in [0, 0.05) is 0 Å². The third-order valence-corrected chi connectivity index (χ3v) is 4.05. The first-order chi connectivity index (χ1) is 12.9. The molecule has 0 aliphatic heterocycles. The van der Waals surface area contributed by atoms with Crippen molar-refractivity contribution in [3.63, 3.8) is 0 Å². The second-order valence-corrected chi connectivity index (χ2v) is 6.36. The summed E-state index contributed by atoms with van der Waals surface area (Å²) >= 11 is 0. The maximum atomic E-state index is 12.4. The summed E-state index contributed by atoms with van der Waals surface area (Å²) < 4.78 is 6.76. The molecule has 1 amide bonds. The predicted molar refractivity (Wildman–Crippen MR) is 97.0 cm³/mol. The summed E-state index contributed by atoms with van der Waals surface area (Å²) in [5.41, 5.74) is 1.99. The van der Waals surface area contributed by atoms with Crippen molar-refractivity contribution in [3.8, 4) is 5.69 Å². The van der Waals surface area contributed by atoms with Crippen LogP contribution in [-0.2, 0) is 6.54 Å². The van der Waals surface area contributed by atoms with Crippen molar-refractivity contribution in [3.05, 3.63) is 65.1 Å². The standard InChI is InChI=1S/C19H20N4O4/c1-11(2)14-6-4-5-7-15(14)23-12(3)21-17(22-23)18(24)20-10-13-8-9-16(27-13)19(25)26/h4-9,11H,10H2,1-3H3,(H,20,24)(H,25,26). The molecule has 0 aliphatic carbocycles. The molecule has 2 heterocycles. The zero-order valence-corrected chi connectivity index (χ0v) is 15.3. The minimum atomic E-state index is -1.16. The van der Waals surface area contributed by atoms with Gasteiger partial charge in [-0.15, -0.1) is 5.10 Å². The fourth-order valence-electron chi connectivity index (χ4n) is 2.72. The highest BCUT2D eigenvalue weighted by molar-refractivity contribution is 5.90. The van der Waals surface area contributed by atoms with Crippen LogP contribution in [0.25, 0.3) is 5.69 Å². The summed E-state index contributed by atoms with van der Waals surface area (Å²) in [5.74, 6) is -0.538. The minimum Gasteiger partial charge on any atom is -0.475 e. The number of para-hydroxylation sites is 1. The topological polar surface area (TPSA) is 110 Å². The number of nitrogens with zero attached hydrogens (tertiary/aromatic N) is 3. The number of aromatic nitrogens is 3. The van der Waals surface area contributed by atoms with Crippen LogP contribution in [0.3, 0.4) is 0 Å². The van der Waals surface area contributed by atoms with Crippen LogP contribution >= 0.6 is 0 Å². The number of aromatic carboxylic acids is 1. The summed E-state index contributed by atoms with van der Waals surface area (Å²) in [6.45, 7) is 6.01. The van der Waals surface area contributed by atoms with Crippen molar-refractivity contribution in [1.82, 2.24) is 20.1 Å². The van der Waals surface area contributed by atoms with Gasteiger partial charge in [-0.25, -0.2) is 14.5 Å². The summed E-state index contributed by atoms with van der Waals surface area (Å²) in [4.78, 5) is 27.4. The zero-order valence-electron chi connectivity index (χ0n) is 15.3. The number of amides is 1. The Morgan fingerprint density at radius 1 is 1.22 bits per heavy atom. The fourth-order valence-corrected chi connectivity index (χ4v) is 2.72. The molecule has 27 heavy (non-hydrogen) atoms. The lowest BCUT2D eigenvalue weighted by atomic mass is 10.0. The van der Waals surface area contributed by atoms with Gasteiger partial charge in [0.1, 0.15) is 11.6 Å². The Labute approximate surface area is 155 Å². The molecule has 0 bridgehead atoms. The molecule has 0 unspecified atom stereocenters. The smallest absolute Gasteiger partial charge is 0.371 e. The van der Waals surface area contributed by atoms with E-state index in [1.165, 1.54) is 12.1 Å². The molecule has 140 valence electrons. The molecule has 2 N–H and O–H groups in total. The largest absolute Gasteiger partial charge is 0.475 e. The number of furan rings is 1. The quantitative estimate of drug-likeness (QED) is 0.692. The van der Waals surface area contributed by atoms with E-state index >= 15 is 0 Å². The maximum absolute atomic E-state index is 12.4. The van der Waals surface area contributed by atoms with Crippen molar-refractivity contribution in [2.75, 3.05) is 0 Å². The van der Waals surface area contributed by atoms with Crippen molar-refractivity contribution in [2.45, 2.75) is 33.2 Å². The average Bonchev–Trinajstić information content (AvgIpc) is 3.26. The summed E-state index contributed by atoms with van der Waals surface area (Å²) in [6.07, 6.45) is 0. The van der Waals surface area contributed by atoms with Crippen LogP contribution in [0.1, 0.15) is 58.1 Å². The van der Waals surface area contributed by atoms with E-state index in [2.05, 4.69) is 29.2 Å². The van der Waals surface area contributed by atoms with Gasteiger partial charge in [0.25, 0.3) is 5.91 Å². The summed E-state index contributed by atoms with van der Waals surface area (Å²) in [6, 6.07) is 10.7. The van der Waals surface area contributed by atoms with Gasteiger partial charge >= 0.3 is 5.97 Å². The Hall–Kier alpha value is -3.42. The molecule has 3 rings (SSSR count). The van der Waals surface area contributed by atoms with E-state index in [1.54, 1.807) is 11.6 Å². The van der Waals surface area contributed by atoms with E-state index in [0.717, 1.165) is 11.3 Å². The molecule has 8 nitrogen and oxygen atoms in total. The number of rotatable bonds is 6. The molecule has 0 atom stereocenters.